The molecule has 0 aromatic carbocycles. The highest BCUT2D eigenvalue weighted by molar-refractivity contribution is 5.99. The number of nitrogens with one attached hydrogen (secondary N) is 1. The number of amides is 2. The fourth-order valence-corrected chi connectivity index (χ4v) is 2.56. The smallest absolute Gasteiger partial charge is 0.342 e. The van der Waals surface area contributed by atoms with Crippen LogP contribution in [-0.2, 0) is 9.59 Å². The standard InChI is InChI=1S/C14H23F3N2O2/c1-4-7-10-11(20)19(9-6-8-14(15,16)17)13(3,5-2)12(21)18-10/h10H,4-9H2,1-3H3,(H,18,21). The van der Waals surface area contributed by atoms with Crippen molar-refractivity contribution < 1.29 is 22.8 Å². The summed E-state index contributed by atoms with van der Waals surface area (Å²) in [7, 11) is 0. The summed E-state index contributed by atoms with van der Waals surface area (Å²) >= 11 is 0. The Bertz CT molecular complexity index is 398. The molecule has 1 heterocycles. The van der Waals surface area contributed by atoms with Gasteiger partial charge in [0.25, 0.3) is 0 Å². The lowest BCUT2D eigenvalue weighted by Crippen LogP contribution is -2.69. The van der Waals surface area contributed by atoms with Gasteiger partial charge < -0.3 is 10.2 Å². The van der Waals surface area contributed by atoms with Gasteiger partial charge in [-0.2, -0.15) is 13.2 Å². The van der Waals surface area contributed by atoms with Crippen molar-refractivity contribution in [2.24, 2.45) is 0 Å². The second-order valence-electron chi connectivity index (χ2n) is 5.65. The van der Waals surface area contributed by atoms with Crippen molar-refractivity contribution in [2.45, 2.75) is 70.6 Å². The van der Waals surface area contributed by atoms with Crippen molar-refractivity contribution in [3.05, 3.63) is 0 Å². The van der Waals surface area contributed by atoms with Crippen LogP contribution in [0.1, 0.15) is 52.9 Å². The van der Waals surface area contributed by atoms with Gasteiger partial charge in [-0.05, 0) is 26.2 Å². The van der Waals surface area contributed by atoms with Gasteiger partial charge in [-0.25, -0.2) is 0 Å². The number of halogens is 3. The third kappa shape index (κ3) is 4.11. The number of carbonyl (C=O) groups excluding carboxylic acids is 2. The molecular formula is C14H23F3N2O2. The second kappa shape index (κ2) is 6.66. The Labute approximate surface area is 123 Å². The van der Waals surface area contributed by atoms with E-state index >= 15 is 0 Å². The highest BCUT2D eigenvalue weighted by Gasteiger charge is 2.47. The summed E-state index contributed by atoms with van der Waals surface area (Å²) in [6.45, 7) is 5.21. The Balaban J connectivity index is 2.85. The highest BCUT2D eigenvalue weighted by Crippen LogP contribution is 2.28. The van der Waals surface area contributed by atoms with Crippen LogP contribution in [0.25, 0.3) is 0 Å². The number of nitrogens with zero attached hydrogens (tertiary/aromatic N) is 1. The fraction of sp³-hybridized carbons (Fsp3) is 0.857. The summed E-state index contributed by atoms with van der Waals surface area (Å²) in [6.07, 6.45) is -3.79. The van der Waals surface area contributed by atoms with Gasteiger partial charge in [-0.1, -0.05) is 20.3 Å². The zero-order valence-electron chi connectivity index (χ0n) is 12.7. The van der Waals surface area contributed by atoms with E-state index in [4.69, 9.17) is 0 Å². The van der Waals surface area contributed by atoms with E-state index in [0.29, 0.717) is 12.8 Å². The zero-order valence-corrected chi connectivity index (χ0v) is 12.7. The van der Waals surface area contributed by atoms with E-state index in [1.807, 2.05) is 6.92 Å². The Kier molecular flexibility index (Phi) is 5.64. The average molecular weight is 308 g/mol. The number of alkyl halides is 3. The van der Waals surface area contributed by atoms with Crippen LogP contribution in [0.4, 0.5) is 13.2 Å². The largest absolute Gasteiger partial charge is 0.389 e. The van der Waals surface area contributed by atoms with E-state index in [1.54, 1.807) is 13.8 Å². The maximum Gasteiger partial charge on any atom is 0.389 e. The number of hydrogen-bond acceptors (Lipinski definition) is 2. The van der Waals surface area contributed by atoms with E-state index in [1.165, 1.54) is 4.90 Å². The number of hydrogen-bond donors (Lipinski definition) is 1. The van der Waals surface area contributed by atoms with Crippen LogP contribution in [0.3, 0.4) is 0 Å². The van der Waals surface area contributed by atoms with Gasteiger partial charge in [-0.15, -0.1) is 0 Å². The molecule has 7 heteroatoms. The molecule has 2 unspecified atom stereocenters. The lowest BCUT2D eigenvalue weighted by atomic mass is 9.89. The van der Waals surface area contributed by atoms with E-state index in [-0.39, 0.29) is 24.8 Å². The first-order valence-electron chi connectivity index (χ1n) is 7.35. The monoisotopic (exact) mass is 308 g/mol. The molecule has 0 radical (unpaired) electrons. The van der Waals surface area contributed by atoms with Crippen molar-refractivity contribution in [3.63, 3.8) is 0 Å². The van der Waals surface area contributed by atoms with Gasteiger partial charge in [0.05, 0.1) is 0 Å². The average Bonchev–Trinajstić information content (AvgIpc) is 2.39. The molecule has 0 saturated carbocycles. The predicted molar refractivity (Wildman–Crippen MR) is 72.5 cm³/mol. The van der Waals surface area contributed by atoms with Gasteiger partial charge in [0.15, 0.2) is 0 Å². The molecular weight excluding hydrogens is 285 g/mol. The molecule has 0 spiro atoms. The molecule has 0 aliphatic carbocycles. The lowest BCUT2D eigenvalue weighted by molar-refractivity contribution is -0.159. The quantitative estimate of drug-likeness (QED) is 0.820. The molecule has 2 atom stereocenters. The van der Waals surface area contributed by atoms with Crippen molar-refractivity contribution in [3.8, 4) is 0 Å². The van der Waals surface area contributed by atoms with Crippen LogP contribution < -0.4 is 5.32 Å². The molecule has 122 valence electrons. The topological polar surface area (TPSA) is 49.4 Å². The van der Waals surface area contributed by atoms with E-state index in [0.717, 1.165) is 6.42 Å². The highest BCUT2D eigenvalue weighted by atomic mass is 19.4. The Morgan fingerprint density at radius 1 is 1.29 bits per heavy atom. The van der Waals surface area contributed by atoms with Gasteiger partial charge >= 0.3 is 6.18 Å². The number of piperazine rings is 1. The molecule has 1 saturated heterocycles. The Morgan fingerprint density at radius 2 is 1.90 bits per heavy atom. The molecule has 0 aromatic rings. The van der Waals surface area contributed by atoms with Gasteiger partial charge in [0, 0.05) is 13.0 Å². The maximum absolute atomic E-state index is 12.4. The molecule has 1 N–H and O–H groups in total. The molecule has 0 bridgehead atoms. The summed E-state index contributed by atoms with van der Waals surface area (Å²) in [4.78, 5) is 26.0. The molecule has 4 nitrogen and oxygen atoms in total. The maximum atomic E-state index is 12.4. The molecule has 21 heavy (non-hydrogen) atoms. The predicted octanol–water partition coefficient (Wildman–Crippen LogP) is 2.62. The van der Waals surface area contributed by atoms with Crippen LogP contribution in [0, 0.1) is 0 Å². The fourth-order valence-electron chi connectivity index (χ4n) is 2.56. The zero-order chi connectivity index (χ0) is 16.3. The first kappa shape index (κ1) is 17.8. The first-order valence-corrected chi connectivity index (χ1v) is 7.35. The van der Waals surface area contributed by atoms with Crippen molar-refractivity contribution in [1.29, 1.82) is 0 Å². The van der Waals surface area contributed by atoms with Gasteiger partial charge in [0.1, 0.15) is 11.6 Å². The summed E-state index contributed by atoms with van der Waals surface area (Å²) in [5.74, 6) is -0.557. The van der Waals surface area contributed by atoms with Crippen LogP contribution in [0.15, 0.2) is 0 Å². The summed E-state index contributed by atoms with van der Waals surface area (Å²) < 4.78 is 36.8. The molecule has 1 aliphatic rings. The number of carbonyl (C=O) groups is 2. The summed E-state index contributed by atoms with van der Waals surface area (Å²) in [5, 5.41) is 2.69. The molecule has 1 aliphatic heterocycles. The molecule has 0 aromatic heterocycles. The van der Waals surface area contributed by atoms with Crippen molar-refractivity contribution in [1.82, 2.24) is 10.2 Å². The first-order chi connectivity index (χ1) is 9.65. The van der Waals surface area contributed by atoms with Crippen molar-refractivity contribution >= 4 is 11.8 Å². The normalized spacial score (nSPS) is 27.0. The number of rotatable bonds is 6. The van der Waals surface area contributed by atoms with Crippen LogP contribution in [0.2, 0.25) is 0 Å². The Morgan fingerprint density at radius 3 is 2.38 bits per heavy atom. The Hall–Kier alpha value is -1.27. The summed E-state index contributed by atoms with van der Waals surface area (Å²) in [5.41, 5.74) is -1.06. The lowest BCUT2D eigenvalue weighted by Gasteiger charge is -2.46. The molecule has 1 rings (SSSR count). The van der Waals surface area contributed by atoms with Crippen LogP contribution in [-0.4, -0.2) is 41.0 Å². The second-order valence-corrected chi connectivity index (χ2v) is 5.65. The SMILES string of the molecule is CCCC1NC(=O)C(C)(CC)N(CCCC(F)(F)F)C1=O. The third-order valence-corrected chi connectivity index (χ3v) is 4.06. The molecule has 1 fully saturated rings. The molecule has 2 amide bonds. The minimum Gasteiger partial charge on any atom is -0.342 e. The van der Waals surface area contributed by atoms with E-state index in [2.05, 4.69) is 5.32 Å². The van der Waals surface area contributed by atoms with Crippen molar-refractivity contribution in [2.75, 3.05) is 6.54 Å². The van der Waals surface area contributed by atoms with Gasteiger partial charge in [0.2, 0.25) is 11.8 Å². The summed E-state index contributed by atoms with van der Waals surface area (Å²) in [6, 6.07) is -0.618. The van der Waals surface area contributed by atoms with Crippen LogP contribution in [0.5, 0.6) is 0 Å². The van der Waals surface area contributed by atoms with E-state index < -0.39 is 24.2 Å². The minimum atomic E-state index is -4.24. The third-order valence-electron chi connectivity index (χ3n) is 4.06. The van der Waals surface area contributed by atoms with Gasteiger partial charge in [-0.3, -0.25) is 9.59 Å². The minimum absolute atomic E-state index is 0.0453. The van der Waals surface area contributed by atoms with E-state index in [9.17, 15) is 22.8 Å². The van der Waals surface area contributed by atoms with Crippen LogP contribution >= 0.6 is 0 Å².